The van der Waals surface area contributed by atoms with Crippen LogP contribution < -0.4 is 10.9 Å². The Balaban J connectivity index is 2.16. The summed E-state index contributed by atoms with van der Waals surface area (Å²) in [6, 6.07) is 10.9. The summed E-state index contributed by atoms with van der Waals surface area (Å²) in [7, 11) is 0. The lowest BCUT2D eigenvalue weighted by molar-refractivity contribution is -0.136. The topological polar surface area (TPSA) is 85.6 Å². The molecule has 2 heterocycles. The Hall–Kier alpha value is -2.65. The summed E-state index contributed by atoms with van der Waals surface area (Å²) in [6.07, 6.45) is 1.85. The van der Waals surface area contributed by atoms with Gasteiger partial charge in [0.2, 0.25) is 4.96 Å². The minimum Gasteiger partial charge on any atom is -0.462 e. The van der Waals surface area contributed by atoms with E-state index in [2.05, 4.69) is 15.4 Å². The number of aryl methyl sites for hydroxylation is 1. The molecule has 0 saturated carbocycles. The van der Waals surface area contributed by atoms with Gasteiger partial charge in [-0.15, -0.1) is 11.8 Å². The van der Waals surface area contributed by atoms with Gasteiger partial charge in [-0.05, 0) is 32.2 Å². The molecule has 0 aliphatic rings. The molecule has 0 unspecified atom stereocenters. The molecule has 0 aliphatic heterocycles. The molecule has 1 aromatic carbocycles. The van der Waals surface area contributed by atoms with Crippen molar-refractivity contribution in [3.8, 4) is 0 Å². The Labute approximate surface area is 164 Å². The van der Waals surface area contributed by atoms with Gasteiger partial charge in [0.05, 0.1) is 11.6 Å². The Morgan fingerprint density at radius 1 is 1.33 bits per heavy atom. The van der Waals surface area contributed by atoms with Gasteiger partial charge >= 0.3 is 5.97 Å². The number of carbonyl (C=O) groups is 1. The summed E-state index contributed by atoms with van der Waals surface area (Å²) in [6.45, 7) is 3.72. The molecular formula is C18H18N4O3S2. The normalized spacial score (nSPS) is 12.0. The van der Waals surface area contributed by atoms with Crippen LogP contribution in [-0.2, 0) is 9.53 Å². The summed E-state index contributed by atoms with van der Waals surface area (Å²) in [5, 5.41) is 8.51. The summed E-state index contributed by atoms with van der Waals surface area (Å²) in [5.41, 5.74) is 1.42. The van der Waals surface area contributed by atoms with Crippen LogP contribution in [0.4, 0.5) is 5.69 Å². The largest absolute Gasteiger partial charge is 0.462 e. The van der Waals surface area contributed by atoms with E-state index < -0.39 is 5.97 Å². The van der Waals surface area contributed by atoms with E-state index in [4.69, 9.17) is 4.74 Å². The van der Waals surface area contributed by atoms with Crippen LogP contribution in [0.3, 0.4) is 0 Å². The van der Waals surface area contributed by atoms with E-state index in [1.165, 1.54) is 33.7 Å². The van der Waals surface area contributed by atoms with E-state index in [1.54, 1.807) is 13.8 Å². The quantitative estimate of drug-likeness (QED) is 0.501. The van der Waals surface area contributed by atoms with Crippen molar-refractivity contribution in [1.29, 1.82) is 0 Å². The van der Waals surface area contributed by atoms with Gasteiger partial charge in [0.1, 0.15) is 5.57 Å². The average molecular weight is 403 g/mol. The lowest BCUT2D eigenvalue weighted by Gasteiger charge is -2.13. The number of aromatic nitrogens is 3. The second-order valence-corrected chi connectivity index (χ2v) is 7.23. The highest BCUT2D eigenvalue weighted by Gasteiger charge is 2.24. The second kappa shape index (κ2) is 8.36. The minimum atomic E-state index is -0.505. The number of carbonyl (C=O) groups excluding carboxylic acids is 1. The smallest absolute Gasteiger partial charge is 0.343 e. The van der Waals surface area contributed by atoms with Crippen LogP contribution in [0.2, 0.25) is 0 Å². The third kappa shape index (κ3) is 4.20. The van der Waals surface area contributed by atoms with Gasteiger partial charge in [0.25, 0.3) is 5.56 Å². The fourth-order valence-corrected chi connectivity index (χ4v) is 4.03. The molecule has 0 saturated heterocycles. The van der Waals surface area contributed by atoms with Crippen molar-refractivity contribution in [2.75, 3.05) is 18.2 Å². The fraction of sp³-hybridized carbons (Fsp3) is 0.222. The summed E-state index contributed by atoms with van der Waals surface area (Å²) in [4.78, 5) is 29.6. The number of nitrogens with zero attached hydrogens (tertiary/aromatic N) is 3. The van der Waals surface area contributed by atoms with Crippen LogP contribution in [0.15, 0.2) is 46.2 Å². The number of rotatable bonds is 6. The second-order valence-electron chi connectivity index (χ2n) is 5.46. The maximum absolute atomic E-state index is 12.7. The molecule has 0 bridgehead atoms. The molecule has 0 amide bonds. The number of thioether (sulfide) groups is 1. The highest BCUT2D eigenvalue weighted by Crippen LogP contribution is 2.30. The summed E-state index contributed by atoms with van der Waals surface area (Å²) >= 11 is 2.54. The number of hydrogen-bond acceptors (Lipinski definition) is 8. The lowest BCUT2D eigenvalue weighted by Crippen LogP contribution is -2.16. The number of esters is 1. The van der Waals surface area contributed by atoms with Crippen molar-refractivity contribution in [1.82, 2.24) is 14.6 Å². The number of ether oxygens (including phenoxy) is 1. The minimum absolute atomic E-state index is 0.234. The van der Waals surface area contributed by atoms with E-state index in [9.17, 15) is 9.59 Å². The van der Waals surface area contributed by atoms with Crippen LogP contribution in [0, 0.1) is 6.92 Å². The average Bonchev–Trinajstić information content (AvgIpc) is 3.06. The van der Waals surface area contributed by atoms with Gasteiger partial charge in [-0.2, -0.15) is 9.61 Å². The molecule has 140 valence electrons. The first-order valence-electron chi connectivity index (χ1n) is 8.18. The molecule has 0 radical (unpaired) electrons. The number of anilines is 1. The first kappa shape index (κ1) is 19.1. The molecule has 3 rings (SSSR count). The van der Waals surface area contributed by atoms with Crippen LogP contribution in [0.1, 0.15) is 17.6 Å². The zero-order valence-corrected chi connectivity index (χ0v) is 16.7. The maximum atomic E-state index is 12.7. The van der Waals surface area contributed by atoms with Gasteiger partial charge in [-0.1, -0.05) is 29.5 Å². The molecule has 1 N–H and O–H groups in total. The Kier molecular flexibility index (Phi) is 5.92. The standard InChI is InChI=1S/C18H18N4O3S2/c1-4-25-17(24)14(15(26-3)20-12-8-6-5-7-9-12)16-21-22-13(23)10-11(2)19-18(22)27-16/h5-10,20H,4H2,1-3H3/b15-14+. The molecule has 9 heteroatoms. The van der Waals surface area contributed by atoms with Gasteiger partial charge in [-0.3, -0.25) is 4.79 Å². The van der Waals surface area contributed by atoms with Crippen molar-refractivity contribution in [3.63, 3.8) is 0 Å². The molecule has 0 aliphatic carbocycles. The van der Waals surface area contributed by atoms with Crippen molar-refractivity contribution < 1.29 is 9.53 Å². The SMILES string of the molecule is CCOC(=O)/C(=C(\Nc1ccccc1)SC)c1nn2c(=O)cc(C)nc2s1. The van der Waals surface area contributed by atoms with Gasteiger partial charge < -0.3 is 10.1 Å². The summed E-state index contributed by atoms with van der Waals surface area (Å²) in [5.74, 6) is -0.505. The predicted octanol–water partition coefficient (Wildman–Crippen LogP) is 3.17. The van der Waals surface area contributed by atoms with Crippen molar-refractivity contribution in [3.05, 3.63) is 62.5 Å². The highest BCUT2D eigenvalue weighted by atomic mass is 32.2. The summed E-state index contributed by atoms with van der Waals surface area (Å²) < 4.78 is 6.44. The molecule has 7 nitrogen and oxygen atoms in total. The number of fused-ring (bicyclic) bond motifs is 1. The van der Waals surface area contributed by atoms with Crippen LogP contribution in [-0.4, -0.2) is 33.4 Å². The number of hydrogen-bond donors (Lipinski definition) is 1. The zero-order chi connectivity index (χ0) is 19.4. The van der Waals surface area contributed by atoms with Crippen LogP contribution in [0.5, 0.6) is 0 Å². The molecule has 0 fully saturated rings. The van der Waals surface area contributed by atoms with Crippen LogP contribution >= 0.6 is 23.1 Å². The predicted molar refractivity (Wildman–Crippen MR) is 109 cm³/mol. The Morgan fingerprint density at radius 3 is 2.74 bits per heavy atom. The van der Waals surface area contributed by atoms with Gasteiger partial charge in [0.15, 0.2) is 5.01 Å². The number of benzene rings is 1. The van der Waals surface area contributed by atoms with E-state index in [-0.39, 0.29) is 17.7 Å². The first-order chi connectivity index (χ1) is 13.0. The molecule has 0 spiro atoms. The molecule has 2 aromatic heterocycles. The Bertz CT molecular complexity index is 1060. The lowest BCUT2D eigenvalue weighted by atomic mass is 10.3. The van der Waals surface area contributed by atoms with Gasteiger partial charge in [0, 0.05) is 17.4 Å². The monoisotopic (exact) mass is 402 g/mol. The van der Waals surface area contributed by atoms with E-state index in [1.807, 2.05) is 36.6 Å². The molecule has 0 atom stereocenters. The fourth-order valence-electron chi connectivity index (χ4n) is 2.37. The Morgan fingerprint density at radius 2 is 2.07 bits per heavy atom. The third-order valence-electron chi connectivity index (χ3n) is 3.53. The zero-order valence-electron chi connectivity index (χ0n) is 15.1. The van der Waals surface area contributed by atoms with Crippen LogP contribution in [0.25, 0.3) is 10.5 Å². The van der Waals surface area contributed by atoms with E-state index in [0.717, 1.165) is 5.69 Å². The van der Waals surface area contributed by atoms with Gasteiger partial charge in [-0.25, -0.2) is 9.78 Å². The first-order valence-corrected chi connectivity index (χ1v) is 10.2. The van der Waals surface area contributed by atoms with Crippen molar-refractivity contribution in [2.24, 2.45) is 0 Å². The molecular weight excluding hydrogens is 384 g/mol. The highest BCUT2D eigenvalue weighted by molar-refractivity contribution is 8.02. The van der Waals surface area contributed by atoms with Crippen molar-refractivity contribution >= 4 is 45.3 Å². The van der Waals surface area contributed by atoms with E-state index in [0.29, 0.717) is 20.7 Å². The number of para-hydroxylation sites is 1. The molecule has 27 heavy (non-hydrogen) atoms. The molecule has 3 aromatic rings. The number of nitrogens with one attached hydrogen (secondary N) is 1. The van der Waals surface area contributed by atoms with Crippen molar-refractivity contribution in [2.45, 2.75) is 13.8 Å². The third-order valence-corrected chi connectivity index (χ3v) is 5.17. The van der Waals surface area contributed by atoms with E-state index >= 15 is 0 Å². The maximum Gasteiger partial charge on any atom is 0.343 e.